The van der Waals surface area contributed by atoms with Crippen molar-refractivity contribution in [1.29, 1.82) is 0 Å². The summed E-state index contributed by atoms with van der Waals surface area (Å²) in [6.07, 6.45) is 0. The van der Waals surface area contributed by atoms with E-state index in [1.165, 1.54) is 35.6 Å². The first-order valence-electron chi connectivity index (χ1n) is 7.61. The minimum atomic E-state index is -3.57. The largest absolute Gasteiger partial charge is 0.454 e. The molecule has 8 heteroatoms. The SMILES string of the molecule is CCNS(=O)(=O)c1ccc(C(=O)OCC(=O)c2cc(C)sc2C)cc1. The molecule has 0 saturated carbocycles. The predicted molar refractivity (Wildman–Crippen MR) is 95.7 cm³/mol. The quantitative estimate of drug-likeness (QED) is 0.588. The van der Waals surface area contributed by atoms with Crippen molar-refractivity contribution in [3.8, 4) is 0 Å². The van der Waals surface area contributed by atoms with Gasteiger partial charge in [0.2, 0.25) is 15.8 Å². The van der Waals surface area contributed by atoms with Gasteiger partial charge in [0.1, 0.15) is 0 Å². The summed E-state index contributed by atoms with van der Waals surface area (Å²) in [6.45, 7) is 5.35. The normalized spacial score (nSPS) is 11.3. The van der Waals surface area contributed by atoms with Crippen molar-refractivity contribution >= 4 is 33.1 Å². The van der Waals surface area contributed by atoms with Crippen LogP contribution in [0, 0.1) is 13.8 Å². The van der Waals surface area contributed by atoms with Gasteiger partial charge in [0.15, 0.2) is 6.61 Å². The van der Waals surface area contributed by atoms with Crippen molar-refractivity contribution in [2.75, 3.05) is 13.2 Å². The second-order valence-corrected chi connectivity index (χ2v) is 8.58. The number of benzene rings is 1. The number of hydrogen-bond acceptors (Lipinski definition) is 6. The number of ketones is 1. The first-order valence-corrected chi connectivity index (χ1v) is 9.91. The fraction of sp³-hybridized carbons (Fsp3) is 0.294. The summed E-state index contributed by atoms with van der Waals surface area (Å²) in [4.78, 5) is 26.1. The van der Waals surface area contributed by atoms with E-state index < -0.39 is 16.0 Å². The van der Waals surface area contributed by atoms with Gasteiger partial charge in [-0.25, -0.2) is 17.9 Å². The minimum Gasteiger partial charge on any atom is -0.454 e. The maximum absolute atomic E-state index is 12.1. The van der Waals surface area contributed by atoms with Gasteiger partial charge >= 0.3 is 5.97 Å². The monoisotopic (exact) mass is 381 g/mol. The lowest BCUT2D eigenvalue weighted by Crippen LogP contribution is -2.23. The highest BCUT2D eigenvalue weighted by atomic mass is 32.2. The van der Waals surface area contributed by atoms with E-state index in [1.54, 1.807) is 13.0 Å². The van der Waals surface area contributed by atoms with Crippen LogP contribution < -0.4 is 4.72 Å². The van der Waals surface area contributed by atoms with Gasteiger partial charge in [-0.15, -0.1) is 11.3 Å². The zero-order valence-corrected chi connectivity index (χ0v) is 15.8. The van der Waals surface area contributed by atoms with Crippen molar-refractivity contribution in [1.82, 2.24) is 4.72 Å². The Hall–Kier alpha value is -2.03. The Balaban J connectivity index is 2.02. The Kier molecular flexibility index (Phi) is 6.10. The molecule has 1 aromatic heterocycles. The lowest BCUT2D eigenvalue weighted by molar-refractivity contribution is 0.0474. The van der Waals surface area contributed by atoms with Crippen LogP contribution >= 0.6 is 11.3 Å². The highest BCUT2D eigenvalue weighted by molar-refractivity contribution is 7.89. The summed E-state index contributed by atoms with van der Waals surface area (Å²) in [5.41, 5.74) is 0.740. The lowest BCUT2D eigenvalue weighted by atomic mass is 10.2. The summed E-state index contributed by atoms with van der Waals surface area (Å²) in [6, 6.07) is 7.14. The third-order valence-corrected chi connectivity index (χ3v) is 5.94. The van der Waals surface area contributed by atoms with Crippen LogP contribution in [0.4, 0.5) is 0 Å². The number of carbonyl (C=O) groups excluding carboxylic acids is 2. The van der Waals surface area contributed by atoms with E-state index in [9.17, 15) is 18.0 Å². The molecule has 1 aromatic carbocycles. The Bertz CT molecular complexity index is 882. The van der Waals surface area contributed by atoms with Crippen LogP contribution in [0.2, 0.25) is 0 Å². The number of carbonyl (C=O) groups is 2. The van der Waals surface area contributed by atoms with E-state index in [0.717, 1.165) is 9.75 Å². The molecule has 0 spiro atoms. The van der Waals surface area contributed by atoms with Gasteiger partial charge in [-0.1, -0.05) is 6.92 Å². The number of hydrogen-bond donors (Lipinski definition) is 1. The van der Waals surface area contributed by atoms with E-state index in [0.29, 0.717) is 5.56 Å². The summed E-state index contributed by atoms with van der Waals surface area (Å²) >= 11 is 1.51. The van der Waals surface area contributed by atoms with Crippen LogP contribution in [-0.4, -0.2) is 33.3 Å². The second kappa shape index (κ2) is 7.90. The van der Waals surface area contributed by atoms with Gasteiger partial charge in [0.05, 0.1) is 10.5 Å². The molecule has 1 N–H and O–H groups in total. The summed E-state index contributed by atoms with van der Waals surface area (Å²) < 4.78 is 31.1. The minimum absolute atomic E-state index is 0.0614. The highest BCUT2D eigenvalue weighted by Gasteiger charge is 2.17. The molecular formula is C17H19NO5S2. The number of ether oxygens (including phenoxy) is 1. The maximum atomic E-state index is 12.1. The van der Waals surface area contributed by atoms with E-state index in [2.05, 4.69) is 4.72 Å². The molecule has 1 heterocycles. The van der Waals surface area contributed by atoms with Crippen LogP contribution in [0.5, 0.6) is 0 Å². The molecule has 0 bridgehead atoms. The van der Waals surface area contributed by atoms with Gasteiger partial charge in [-0.05, 0) is 44.2 Å². The first kappa shape index (κ1) is 19.3. The summed E-state index contributed by atoms with van der Waals surface area (Å²) in [5.74, 6) is -0.938. The number of Topliss-reactive ketones (excluding diaryl/α,β-unsaturated/α-hetero) is 1. The molecule has 0 aliphatic heterocycles. The van der Waals surface area contributed by atoms with Gasteiger partial charge in [-0.2, -0.15) is 0 Å². The molecule has 0 radical (unpaired) electrons. The Labute approximate surface area is 150 Å². The molecule has 134 valence electrons. The number of nitrogens with one attached hydrogen (secondary N) is 1. The second-order valence-electron chi connectivity index (χ2n) is 5.35. The first-order chi connectivity index (χ1) is 11.7. The van der Waals surface area contributed by atoms with Crippen LogP contribution in [0.15, 0.2) is 35.2 Å². The lowest BCUT2D eigenvalue weighted by Gasteiger charge is -2.06. The van der Waals surface area contributed by atoms with Crippen LogP contribution in [-0.2, 0) is 14.8 Å². The standard InChI is InChI=1S/C17H19NO5S2/c1-4-18-25(21,22)14-7-5-13(6-8-14)17(20)23-10-16(19)15-9-11(2)24-12(15)3/h5-9,18H,4,10H2,1-3H3. The Morgan fingerprint density at radius 2 is 1.80 bits per heavy atom. The van der Waals surface area contributed by atoms with Crippen LogP contribution in [0.25, 0.3) is 0 Å². The average molecular weight is 381 g/mol. The average Bonchev–Trinajstić information content (AvgIpc) is 2.91. The Morgan fingerprint density at radius 1 is 1.16 bits per heavy atom. The maximum Gasteiger partial charge on any atom is 0.338 e. The zero-order valence-electron chi connectivity index (χ0n) is 14.2. The molecule has 0 fully saturated rings. The summed E-state index contributed by atoms with van der Waals surface area (Å²) in [5, 5.41) is 0. The number of thiophene rings is 1. The molecule has 2 rings (SSSR count). The highest BCUT2D eigenvalue weighted by Crippen LogP contribution is 2.21. The van der Waals surface area contributed by atoms with E-state index in [1.807, 2.05) is 13.8 Å². The molecule has 0 saturated heterocycles. The van der Waals surface area contributed by atoms with Crippen molar-refractivity contribution in [2.24, 2.45) is 0 Å². The molecule has 0 amide bonds. The molecule has 25 heavy (non-hydrogen) atoms. The number of sulfonamides is 1. The van der Waals surface area contributed by atoms with Crippen LogP contribution in [0.1, 0.15) is 37.4 Å². The fourth-order valence-corrected chi connectivity index (χ4v) is 4.23. The fourth-order valence-electron chi connectivity index (χ4n) is 2.24. The van der Waals surface area contributed by atoms with E-state index >= 15 is 0 Å². The molecule has 0 atom stereocenters. The van der Waals surface area contributed by atoms with Crippen LogP contribution in [0.3, 0.4) is 0 Å². The molecular weight excluding hydrogens is 362 g/mol. The number of rotatable bonds is 7. The molecule has 6 nitrogen and oxygen atoms in total. The van der Waals surface area contributed by atoms with Gasteiger partial charge in [-0.3, -0.25) is 4.79 Å². The van der Waals surface area contributed by atoms with Gasteiger partial charge < -0.3 is 4.74 Å². The molecule has 0 aliphatic carbocycles. The zero-order chi connectivity index (χ0) is 18.6. The molecule has 0 unspecified atom stereocenters. The Morgan fingerprint density at radius 3 is 2.32 bits per heavy atom. The number of aryl methyl sites for hydroxylation is 2. The van der Waals surface area contributed by atoms with E-state index in [4.69, 9.17) is 4.74 Å². The predicted octanol–water partition coefficient (Wildman–Crippen LogP) is 2.70. The summed E-state index contributed by atoms with van der Waals surface area (Å²) in [7, 11) is -3.57. The van der Waals surface area contributed by atoms with E-state index in [-0.39, 0.29) is 29.4 Å². The van der Waals surface area contributed by atoms with Gasteiger partial charge in [0.25, 0.3) is 0 Å². The third kappa shape index (κ3) is 4.75. The third-order valence-electron chi connectivity index (χ3n) is 3.41. The van der Waals surface area contributed by atoms with Gasteiger partial charge in [0, 0.05) is 21.9 Å². The van der Waals surface area contributed by atoms with Crippen molar-refractivity contribution in [3.63, 3.8) is 0 Å². The van der Waals surface area contributed by atoms with Crippen molar-refractivity contribution in [3.05, 3.63) is 51.2 Å². The topological polar surface area (TPSA) is 89.5 Å². The number of esters is 1. The van der Waals surface area contributed by atoms with Crippen molar-refractivity contribution in [2.45, 2.75) is 25.7 Å². The molecule has 0 aliphatic rings. The smallest absolute Gasteiger partial charge is 0.338 e. The van der Waals surface area contributed by atoms with Crippen molar-refractivity contribution < 1.29 is 22.7 Å². The molecule has 2 aromatic rings.